The van der Waals surface area contributed by atoms with E-state index >= 15 is 0 Å². The Morgan fingerprint density at radius 3 is 2.83 bits per heavy atom. The molecule has 3 rings (SSSR count). The smallest absolute Gasteiger partial charge is 0.289 e. The fourth-order valence-electron chi connectivity index (χ4n) is 4.12. The van der Waals surface area contributed by atoms with E-state index in [0.29, 0.717) is 17.7 Å². The predicted octanol–water partition coefficient (Wildman–Crippen LogP) is 2.87. The van der Waals surface area contributed by atoms with Gasteiger partial charge in [-0.25, -0.2) is 8.42 Å². The molecule has 0 radical (unpaired) electrons. The number of rotatable bonds is 3. The molecule has 1 saturated heterocycles. The van der Waals surface area contributed by atoms with Crippen molar-refractivity contribution in [3.8, 4) is 0 Å². The normalized spacial score (nSPS) is 28.4. The number of nitrogens with zero attached hydrogens (tertiary/aromatic N) is 1. The summed E-state index contributed by atoms with van der Waals surface area (Å²) in [5.74, 6) is 1.70. The van der Waals surface area contributed by atoms with E-state index in [0.717, 1.165) is 31.6 Å². The van der Waals surface area contributed by atoms with Crippen molar-refractivity contribution < 1.29 is 17.6 Å². The first-order valence-corrected chi connectivity index (χ1v) is 10.5. The average molecular weight is 339 g/mol. The third kappa shape index (κ3) is 3.79. The third-order valence-electron chi connectivity index (χ3n) is 5.12. The summed E-state index contributed by atoms with van der Waals surface area (Å²) in [5, 5.41) is 0. The van der Waals surface area contributed by atoms with Crippen LogP contribution >= 0.6 is 0 Å². The Bertz CT molecular complexity index is 679. The van der Waals surface area contributed by atoms with Crippen LogP contribution in [0.4, 0.5) is 0 Å². The van der Waals surface area contributed by atoms with Crippen molar-refractivity contribution in [2.24, 2.45) is 11.8 Å². The molecule has 3 atom stereocenters. The lowest BCUT2D eigenvalue weighted by atomic mass is 9.74. The van der Waals surface area contributed by atoms with E-state index in [1.165, 1.54) is 19.3 Å². The first-order chi connectivity index (χ1) is 10.8. The van der Waals surface area contributed by atoms with Gasteiger partial charge in [0.15, 0.2) is 15.6 Å². The lowest BCUT2D eigenvalue weighted by molar-refractivity contribution is 0.0295. The molecule has 1 saturated carbocycles. The number of hydrogen-bond donors (Lipinski definition) is 0. The Labute approximate surface area is 138 Å². The van der Waals surface area contributed by atoms with E-state index in [-0.39, 0.29) is 17.4 Å². The molecule has 0 N–H and O–H groups in total. The molecule has 1 aromatic rings. The number of amides is 1. The summed E-state index contributed by atoms with van der Waals surface area (Å²) in [6.45, 7) is 3.07. The molecule has 1 aliphatic carbocycles. The molecule has 1 aromatic heterocycles. The minimum Gasteiger partial charge on any atom is -0.455 e. The molecule has 3 unspecified atom stereocenters. The van der Waals surface area contributed by atoms with E-state index in [1.54, 1.807) is 12.1 Å². The summed E-state index contributed by atoms with van der Waals surface area (Å²) in [6, 6.07) is 3.52. The topological polar surface area (TPSA) is 67.6 Å². The van der Waals surface area contributed by atoms with Crippen LogP contribution in [0.25, 0.3) is 0 Å². The van der Waals surface area contributed by atoms with E-state index in [2.05, 4.69) is 6.92 Å². The van der Waals surface area contributed by atoms with E-state index in [9.17, 15) is 13.2 Å². The van der Waals surface area contributed by atoms with Crippen LogP contribution in [0.3, 0.4) is 0 Å². The highest BCUT2D eigenvalue weighted by Gasteiger charge is 2.38. The Hall–Kier alpha value is -1.30. The van der Waals surface area contributed by atoms with Gasteiger partial charge in [0.05, 0.1) is 0 Å². The molecule has 1 amide bonds. The number of fused-ring (bicyclic) bond motifs is 1. The number of likely N-dealkylation sites (tertiary alicyclic amines) is 1. The SMILES string of the molecule is CC1CCC2C(CCCN2C(=O)c2ccc(CS(C)(=O)=O)o2)C1. The first kappa shape index (κ1) is 16.6. The second kappa shape index (κ2) is 6.30. The molecule has 128 valence electrons. The Kier molecular flexibility index (Phi) is 4.54. The molecule has 0 spiro atoms. The standard InChI is InChI=1S/C17H25NO4S/c1-12-5-7-15-13(10-12)4-3-9-18(15)17(19)16-8-6-14(22-16)11-23(2,20)21/h6,8,12-13,15H,3-5,7,9-11H2,1-2H3. The molecular formula is C17H25NO4S. The number of carbonyl (C=O) groups is 1. The molecule has 1 aliphatic heterocycles. The fourth-order valence-corrected chi connectivity index (χ4v) is 4.79. The van der Waals surface area contributed by atoms with Crippen molar-refractivity contribution in [2.75, 3.05) is 12.8 Å². The van der Waals surface area contributed by atoms with Gasteiger partial charge in [-0.1, -0.05) is 6.92 Å². The first-order valence-electron chi connectivity index (χ1n) is 8.41. The monoisotopic (exact) mass is 339 g/mol. The highest BCUT2D eigenvalue weighted by Crippen LogP contribution is 2.38. The summed E-state index contributed by atoms with van der Waals surface area (Å²) in [6.07, 6.45) is 6.84. The molecule has 0 bridgehead atoms. The highest BCUT2D eigenvalue weighted by atomic mass is 32.2. The zero-order valence-corrected chi connectivity index (χ0v) is 14.6. The number of hydrogen-bond acceptors (Lipinski definition) is 4. The van der Waals surface area contributed by atoms with Gasteiger partial charge in [0.1, 0.15) is 11.5 Å². The van der Waals surface area contributed by atoms with Crippen molar-refractivity contribution in [1.82, 2.24) is 4.90 Å². The minimum absolute atomic E-state index is 0.0889. The number of carbonyl (C=O) groups excluding carboxylic acids is 1. The van der Waals surface area contributed by atoms with Gasteiger partial charge in [-0.05, 0) is 56.1 Å². The van der Waals surface area contributed by atoms with E-state index < -0.39 is 9.84 Å². The van der Waals surface area contributed by atoms with Crippen molar-refractivity contribution in [1.29, 1.82) is 0 Å². The maximum Gasteiger partial charge on any atom is 0.289 e. The largest absolute Gasteiger partial charge is 0.455 e. The van der Waals surface area contributed by atoms with Gasteiger partial charge in [-0.2, -0.15) is 0 Å². The molecule has 23 heavy (non-hydrogen) atoms. The summed E-state index contributed by atoms with van der Waals surface area (Å²) in [4.78, 5) is 14.8. The average Bonchev–Trinajstić information content (AvgIpc) is 2.91. The van der Waals surface area contributed by atoms with E-state index in [1.807, 2.05) is 4.90 Å². The van der Waals surface area contributed by atoms with Gasteiger partial charge in [0, 0.05) is 18.8 Å². The van der Waals surface area contributed by atoms with Crippen LogP contribution < -0.4 is 0 Å². The van der Waals surface area contributed by atoms with Gasteiger partial charge >= 0.3 is 0 Å². The van der Waals surface area contributed by atoms with Crippen molar-refractivity contribution in [3.63, 3.8) is 0 Å². The summed E-state index contributed by atoms with van der Waals surface area (Å²) < 4.78 is 28.2. The quantitative estimate of drug-likeness (QED) is 0.849. The zero-order chi connectivity index (χ0) is 16.6. The lowest BCUT2D eigenvalue weighted by Gasteiger charge is -2.45. The van der Waals surface area contributed by atoms with Gasteiger partial charge in [-0.3, -0.25) is 4.79 Å². The molecule has 2 heterocycles. The zero-order valence-electron chi connectivity index (χ0n) is 13.8. The minimum atomic E-state index is -3.16. The number of furan rings is 1. The maximum atomic E-state index is 12.8. The molecule has 2 aliphatic rings. The number of sulfone groups is 1. The van der Waals surface area contributed by atoms with Crippen LogP contribution in [0.1, 0.15) is 55.3 Å². The van der Waals surface area contributed by atoms with Crippen molar-refractivity contribution in [3.05, 3.63) is 23.7 Å². The van der Waals surface area contributed by atoms with Crippen molar-refractivity contribution in [2.45, 2.75) is 50.8 Å². The second-order valence-electron chi connectivity index (χ2n) is 7.22. The summed E-state index contributed by atoms with van der Waals surface area (Å²) >= 11 is 0. The van der Waals surface area contributed by atoms with Gasteiger partial charge in [-0.15, -0.1) is 0 Å². The Balaban J connectivity index is 1.74. The van der Waals surface area contributed by atoms with E-state index in [4.69, 9.17) is 4.42 Å². The second-order valence-corrected chi connectivity index (χ2v) is 9.36. The highest BCUT2D eigenvalue weighted by molar-refractivity contribution is 7.89. The van der Waals surface area contributed by atoms with Crippen LogP contribution in [-0.4, -0.2) is 38.1 Å². The van der Waals surface area contributed by atoms with Crippen LogP contribution in [-0.2, 0) is 15.6 Å². The third-order valence-corrected chi connectivity index (χ3v) is 5.93. The summed E-state index contributed by atoms with van der Waals surface area (Å²) in [5.41, 5.74) is 0. The molecule has 6 heteroatoms. The predicted molar refractivity (Wildman–Crippen MR) is 87.8 cm³/mol. The molecule has 0 aromatic carbocycles. The molecule has 5 nitrogen and oxygen atoms in total. The van der Waals surface area contributed by atoms with Gasteiger partial charge < -0.3 is 9.32 Å². The fraction of sp³-hybridized carbons (Fsp3) is 0.706. The molecular weight excluding hydrogens is 314 g/mol. The van der Waals surface area contributed by atoms with Crippen LogP contribution in [0.2, 0.25) is 0 Å². The summed E-state index contributed by atoms with van der Waals surface area (Å²) in [7, 11) is -3.16. The van der Waals surface area contributed by atoms with Gasteiger partial charge in [0.25, 0.3) is 5.91 Å². The van der Waals surface area contributed by atoms with Crippen LogP contribution in [0.15, 0.2) is 16.5 Å². The van der Waals surface area contributed by atoms with Crippen molar-refractivity contribution >= 4 is 15.7 Å². The lowest BCUT2D eigenvalue weighted by Crippen LogP contribution is -2.50. The maximum absolute atomic E-state index is 12.8. The van der Waals surface area contributed by atoms with Crippen LogP contribution in [0.5, 0.6) is 0 Å². The Morgan fingerprint density at radius 1 is 1.30 bits per heavy atom. The van der Waals surface area contributed by atoms with Gasteiger partial charge in [0.2, 0.25) is 0 Å². The Morgan fingerprint density at radius 2 is 2.09 bits per heavy atom. The number of piperidine rings is 1. The van der Waals surface area contributed by atoms with Crippen LogP contribution in [0, 0.1) is 11.8 Å². The molecule has 2 fully saturated rings.